The zero-order valence-corrected chi connectivity index (χ0v) is 12.7. The first-order chi connectivity index (χ1) is 10.4. The lowest BCUT2D eigenvalue weighted by molar-refractivity contribution is -0.384. The molecule has 0 bridgehead atoms. The molecule has 9 heteroatoms. The van der Waals surface area contributed by atoms with Crippen molar-refractivity contribution in [2.75, 3.05) is 0 Å². The molecule has 0 aliphatic carbocycles. The second kappa shape index (κ2) is 5.40. The van der Waals surface area contributed by atoms with Gasteiger partial charge in [0.05, 0.1) is 10.5 Å². The number of fused-ring (bicyclic) bond motifs is 1. The first-order valence-electron chi connectivity index (χ1n) is 6.54. The molecule has 0 radical (unpaired) electrons. The Labute approximate surface area is 133 Å². The highest BCUT2D eigenvalue weighted by atomic mass is 35.5. The first kappa shape index (κ1) is 15.1. The van der Waals surface area contributed by atoms with Crippen LogP contribution in [-0.2, 0) is 13.1 Å². The average molecular weight is 346 g/mol. The molecule has 22 heavy (non-hydrogen) atoms. The number of rotatable bonds is 2. The van der Waals surface area contributed by atoms with Gasteiger partial charge in [-0.2, -0.15) is 0 Å². The molecule has 1 aliphatic rings. The van der Waals surface area contributed by atoms with Crippen LogP contribution in [0.1, 0.15) is 12.8 Å². The molecule has 2 aromatic rings. The summed E-state index contributed by atoms with van der Waals surface area (Å²) in [6, 6.07) is 1.78. The van der Waals surface area contributed by atoms with Crippen molar-refractivity contribution in [3.8, 4) is 11.1 Å². The van der Waals surface area contributed by atoms with Crippen LogP contribution >= 0.6 is 23.2 Å². The fourth-order valence-electron chi connectivity index (χ4n) is 2.62. The van der Waals surface area contributed by atoms with E-state index in [1.807, 2.05) is 0 Å². The van der Waals surface area contributed by atoms with Crippen LogP contribution in [0.3, 0.4) is 0 Å². The second-order valence-corrected chi connectivity index (χ2v) is 5.73. The van der Waals surface area contributed by atoms with Crippen molar-refractivity contribution in [1.82, 2.24) is 9.36 Å². The zero-order chi connectivity index (χ0) is 16.0. The summed E-state index contributed by atoms with van der Waals surface area (Å²) in [4.78, 5) is 22.7. The molecule has 6 nitrogen and oxygen atoms in total. The topological polar surface area (TPSA) is 70.1 Å². The largest absolute Gasteiger partial charge is 0.288 e. The van der Waals surface area contributed by atoms with Crippen molar-refractivity contribution in [2.24, 2.45) is 0 Å². The highest BCUT2D eigenvalue weighted by Gasteiger charge is 2.26. The third-order valence-electron chi connectivity index (χ3n) is 3.66. The van der Waals surface area contributed by atoms with E-state index in [1.54, 1.807) is 4.68 Å². The van der Waals surface area contributed by atoms with Gasteiger partial charge in [-0.05, 0) is 12.8 Å². The van der Waals surface area contributed by atoms with Gasteiger partial charge in [0.25, 0.3) is 11.2 Å². The highest BCUT2D eigenvalue weighted by molar-refractivity contribution is 6.33. The molecular formula is C13H10Cl2FN3O3. The van der Waals surface area contributed by atoms with Crippen LogP contribution < -0.4 is 5.56 Å². The van der Waals surface area contributed by atoms with Crippen molar-refractivity contribution in [2.45, 2.75) is 25.9 Å². The fraction of sp³-hybridized carbons (Fsp3) is 0.308. The minimum Gasteiger partial charge on any atom is -0.271 e. The number of halogens is 3. The number of benzene rings is 1. The SMILES string of the molecule is O=c1c(-c2cc([N+](=O)[O-])c(Cl)cc2F)c(Cl)n2n1CCCC2. The monoisotopic (exact) mass is 345 g/mol. The number of aromatic nitrogens is 2. The molecule has 1 aromatic carbocycles. The van der Waals surface area contributed by atoms with E-state index in [0.29, 0.717) is 13.1 Å². The summed E-state index contributed by atoms with van der Waals surface area (Å²) in [5.41, 5.74) is -1.20. The van der Waals surface area contributed by atoms with Crippen molar-refractivity contribution in [3.63, 3.8) is 0 Å². The van der Waals surface area contributed by atoms with Crippen molar-refractivity contribution in [3.05, 3.63) is 48.6 Å². The van der Waals surface area contributed by atoms with Crippen LogP contribution in [0.15, 0.2) is 16.9 Å². The number of nitro groups is 1. The molecule has 0 N–H and O–H groups in total. The van der Waals surface area contributed by atoms with Gasteiger partial charge in [0, 0.05) is 30.8 Å². The van der Waals surface area contributed by atoms with E-state index in [0.717, 1.165) is 25.0 Å². The van der Waals surface area contributed by atoms with Gasteiger partial charge in [-0.3, -0.25) is 19.6 Å². The maximum atomic E-state index is 14.2. The van der Waals surface area contributed by atoms with Crippen LogP contribution in [0, 0.1) is 15.9 Å². The Hall–Kier alpha value is -1.86. The predicted molar refractivity (Wildman–Crippen MR) is 80.0 cm³/mol. The van der Waals surface area contributed by atoms with Crippen molar-refractivity contribution >= 4 is 28.9 Å². The Balaban J connectivity index is 2.29. The number of hydrogen-bond donors (Lipinski definition) is 0. The smallest absolute Gasteiger partial charge is 0.271 e. The van der Waals surface area contributed by atoms with Crippen LogP contribution in [0.4, 0.5) is 10.1 Å². The van der Waals surface area contributed by atoms with Gasteiger partial charge in [0.2, 0.25) is 0 Å². The standard InChI is InChI=1S/C13H10Cl2FN3O3/c14-8-6-9(16)7(5-10(8)19(21)22)11-12(15)17-3-1-2-4-18(17)13(11)20/h5-6H,1-4H2. The van der Waals surface area contributed by atoms with E-state index >= 15 is 0 Å². The van der Waals surface area contributed by atoms with Crippen molar-refractivity contribution < 1.29 is 9.31 Å². The Kier molecular flexibility index (Phi) is 3.70. The quantitative estimate of drug-likeness (QED) is 0.618. The fourth-order valence-corrected chi connectivity index (χ4v) is 3.20. The van der Waals surface area contributed by atoms with E-state index < -0.39 is 22.0 Å². The van der Waals surface area contributed by atoms with Crippen LogP contribution in [0.5, 0.6) is 0 Å². The molecule has 1 aliphatic heterocycles. The lowest BCUT2D eigenvalue weighted by Crippen LogP contribution is -2.27. The van der Waals surface area contributed by atoms with Gasteiger partial charge in [0.15, 0.2) is 0 Å². The molecule has 0 amide bonds. The van der Waals surface area contributed by atoms with Gasteiger partial charge < -0.3 is 0 Å². The summed E-state index contributed by atoms with van der Waals surface area (Å²) in [6.07, 6.45) is 1.68. The molecule has 0 saturated heterocycles. The molecule has 0 fully saturated rings. The number of hydrogen-bond acceptors (Lipinski definition) is 3. The predicted octanol–water partition coefficient (Wildman–Crippen LogP) is 3.46. The lowest BCUT2D eigenvalue weighted by Gasteiger charge is -2.17. The van der Waals surface area contributed by atoms with Crippen LogP contribution in [-0.4, -0.2) is 14.3 Å². The normalized spacial score (nSPS) is 14.0. The molecule has 3 rings (SSSR count). The molecule has 1 aromatic heterocycles. The maximum Gasteiger partial charge on any atom is 0.288 e. The van der Waals surface area contributed by atoms with E-state index in [4.69, 9.17) is 23.2 Å². The summed E-state index contributed by atoms with van der Waals surface area (Å²) in [6.45, 7) is 1.03. The summed E-state index contributed by atoms with van der Waals surface area (Å²) < 4.78 is 17.2. The van der Waals surface area contributed by atoms with E-state index in [1.165, 1.54) is 4.68 Å². The molecule has 0 unspecified atom stereocenters. The Morgan fingerprint density at radius 2 is 1.82 bits per heavy atom. The van der Waals surface area contributed by atoms with Gasteiger partial charge in [-0.15, -0.1) is 0 Å². The second-order valence-electron chi connectivity index (χ2n) is 4.96. The molecule has 116 valence electrons. The van der Waals surface area contributed by atoms with Crippen molar-refractivity contribution in [1.29, 1.82) is 0 Å². The first-order valence-corrected chi connectivity index (χ1v) is 7.30. The summed E-state index contributed by atoms with van der Waals surface area (Å²) in [5.74, 6) is -0.821. The Bertz CT molecular complexity index is 844. The third kappa shape index (κ3) is 2.21. The van der Waals surface area contributed by atoms with Gasteiger partial charge >= 0.3 is 0 Å². The summed E-state index contributed by atoms with van der Waals surface area (Å²) >= 11 is 11.9. The molecule has 0 spiro atoms. The molecular weight excluding hydrogens is 336 g/mol. The van der Waals surface area contributed by atoms with Gasteiger partial charge in [-0.1, -0.05) is 23.2 Å². The maximum absolute atomic E-state index is 14.2. The summed E-state index contributed by atoms with van der Waals surface area (Å²) in [7, 11) is 0. The summed E-state index contributed by atoms with van der Waals surface area (Å²) in [5, 5.41) is 10.7. The Morgan fingerprint density at radius 3 is 2.41 bits per heavy atom. The highest BCUT2D eigenvalue weighted by Crippen LogP contribution is 2.35. The van der Waals surface area contributed by atoms with E-state index in [-0.39, 0.29) is 21.3 Å². The minimum atomic E-state index is -0.821. The number of nitro benzene ring substituents is 1. The molecule has 0 saturated carbocycles. The average Bonchev–Trinajstić information content (AvgIpc) is 2.72. The van der Waals surface area contributed by atoms with Gasteiger partial charge in [0.1, 0.15) is 16.0 Å². The molecule has 2 heterocycles. The Morgan fingerprint density at radius 1 is 1.18 bits per heavy atom. The van der Waals surface area contributed by atoms with E-state index in [9.17, 15) is 19.3 Å². The third-order valence-corrected chi connectivity index (χ3v) is 4.35. The van der Waals surface area contributed by atoms with E-state index in [2.05, 4.69) is 0 Å². The molecule has 0 atom stereocenters. The van der Waals surface area contributed by atoms with Crippen LogP contribution in [0.2, 0.25) is 10.2 Å². The number of nitrogens with zero attached hydrogens (tertiary/aromatic N) is 3. The minimum absolute atomic E-state index is 0.0687. The lowest BCUT2D eigenvalue weighted by atomic mass is 10.1. The zero-order valence-electron chi connectivity index (χ0n) is 11.2. The van der Waals surface area contributed by atoms with Gasteiger partial charge in [-0.25, -0.2) is 9.07 Å². The van der Waals surface area contributed by atoms with Crippen LogP contribution in [0.25, 0.3) is 11.1 Å².